The van der Waals surface area contributed by atoms with E-state index in [4.69, 9.17) is 24.3 Å². The highest BCUT2D eigenvalue weighted by atomic mass is 31.2. The summed E-state index contributed by atoms with van der Waals surface area (Å²) in [5.41, 5.74) is 5.35. The third-order valence-corrected chi connectivity index (χ3v) is 10.9. The van der Waals surface area contributed by atoms with Crippen molar-refractivity contribution in [3.63, 3.8) is 0 Å². The zero-order valence-electron chi connectivity index (χ0n) is 35.5. The third-order valence-electron chi connectivity index (χ3n) is 9.96. The van der Waals surface area contributed by atoms with E-state index in [0.717, 1.165) is 44.9 Å². The molecule has 0 saturated carbocycles. The van der Waals surface area contributed by atoms with Crippen LogP contribution in [0.4, 0.5) is 0 Å². The van der Waals surface area contributed by atoms with Crippen LogP contribution in [0, 0.1) is 0 Å². The summed E-state index contributed by atoms with van der Waals surface area (Å²) in [7, 11) is -4.37. The average molecular weight is 800 g/mol. The van der Waals surface area contributed by atoms with Crippen molar-refractivity contribution in [2.24, 2.45) is 5.73 Å². The minimum atomic E-state index is -4.37. The van der Waals surface area contributed by atoms with Crippen LogP contribution in [0.15, 0.2) is 24.8 Å². The van der Waals surface area contributed by atoms with Crippen molar-refractivity contribution in [1.29, 1.82) is 0 Å². The molecule has 3 N–H and O–H groups in total. The number of allylic oxidation sites excluding steroid dienone is 3. The molecule has 0 saturated heterocycles. The molecular weight excluding hydrogens is 713 g/mol. The second-order valence-corrected chi connectivity index (χ2v) is 16.8. The number of phosphoric ester groups is 1. The second kappa shape index (κ2) is 42.1. The Kier molecular flexibility index (Phi) is 40.9. The zero-order valence-corrected chi connectivity index (χ0v) is 36.4. The first-order valence-corrected chi connectivity index (χ1v) is 24.3. The average Bonchev–Trinajstić information content (AvgIpc) is 3.17. The lowest BCUT2D eigenvalue weighted by Crippen LogP contribution is -2.29. The molecule has 9 nitrogen and oxygen atoms in total. The van der Waals surface area contributed by atoms with Crippen LogP contribution in [0.5, 0.6) is 0 Å². The van der Waals surface area contributed by atoms with Crippen molar-refractivity contribution in [3.05, 3.63) is 24.8 Å². The number of carbonyl (C=O) groups excluding carboxylic acids is 2. The molecule has 0 amide bonds. The quantitative estimate of drug-likeness (QED) is 0.0267. The predicted octanol–water partition coefficient (Wildman–Crippen LogP) is 13.2. The fourth-order valence-corrected chi connectivity index (χ4v) is 7.32. The van der Waals surface area contributed by atoms with Gasteiger partial charge in [-0.05, 0) is 51.4 Å². The molecule has 0 aromatic rings. The Hall–Kier alpha value is -1.51. The van der Waals surface area contributed by atoms with Gasteiger partial charge in [0.2, 0.25) is 0 Å². The summed E-state index contributed by atoms with van der Waals surface area (Å²) >= 11 is 0. The molecule has 0 aromatic heterocycles. The summed E-state index contributed by atoms with van der Waals surface area (Å²) < 4.78 is 32.8. The van der Waals surface area contributed by atoms with E-state index in [1.807, 2.05) is 6.08 Å². The van der Waals surface area contributed by atoms with Crippen molar-refractivity contribution in [3.8, 4) is 0 Å². The third kappa shape index (κ3) is 41.9. The number of unbranched alkanes of at least 4 members (excludes halogenated alkanes) is 28. The Balaban J connectivity index is 4.07. The van der Waals surface area contributed by atoms with Gasteiger partial charge in [0.05, 0.1) is 13.2 Å². The summed E-state index contributed by atoms with van der Waals surface area (Å²) in [6, 6.07) is 0. The van der Waals surface area contributed by atoms with E-state index in [2.05, 4.69) is 25.7 Å². The minimum Gasteiger partial charge on any atom is -0.462 e. The van der Waals surface area contributed by atoms with Crippen LogP contribution in [0.1, 0.15) is 219 Å². The van der Waals surface area contributed by atoms with Gasteiger partial charge in [0.1, 0.15) is 6.61 Å². The molecule has 0 aliphatic heterocycles. The van der Waals surface area contributed by atoms with Gasteiger partial charge in [0.25, 0.3) is 0 Å². The molecule has 324 valence electrons. The predicted molar refractivity (Wildman–Crippen MR) is 229 cm³/mol. The molecule has 0 radical (unpaired) electrons. The summed E-state index contributed by atoms with van der Waals surface area (Å²) in [5, 5.41) is 0. The minimum absolute atomic E-state index is 0.0539. The second-order valence-electron chi connectivity index (χ2n) is 15.4. The molecule has 0 spiro atoms. The van der Waals surface area contributed by atoms with Crippen LogP contribution in [0.2, 0.25) is 0 Å². The van der Waals surface area contributed by atoms with Crippen molar-refractivity contribution < 1.29 is 37.6 Å². The van der Waals surface area contributed by atoms with E-state index >= 15 is 0 Å². The molecule has 0 bridgehead atoms. The van der Waals surface area contributed by atoms with Gasteiger partial charge in [-0.3, -0.25) is 18.6 Å². The van der Waals surface area contributed by atoms with Gasteiger partial charge in [0.15, 0.2) is 6.10 Å². The van der Waals surface area contributed by atoms with E-state index in [1.54, 1.807) is 0 Å². The first kappa shape index (κ1) is 53.5. The van der Waals surface area contributed by atoms with Gasteiger partial charge >= 0.3 is 19.8 Å². The van der Waals surface area contributed by atoms with Crippen molar-refractivity contribution in [2.45, 2.75) is 225 Å². The maximum Gasteiger partial charge on any atom is 0.472 e. The van der Waals surface area contributed by atoms with Gasteiger partial charge in [-0.2, -0.15) is 0 Å². The standard InChI is InChI=1S/C45H86NO8P/c1-3-5-7-9-11-13-15-17-19-20-21-22-24-25-27-29-31-33-35-37-44(47)51-41-43(42-53-55(49,50)52-40-39-46)54-45(48)38-36-34-32-30-28-26-23-18-16-14-12-10-8-6-4-2/h4,17,19,43H,2-3,5-16,18,20-42,46H2,1H3,(H,49,50)/b19-17+/t43-/m1/s1. The van der Waals surface area contributed by atoms with E-state index in [-0.39, 0.29) is 38.6 Å². The van der Waals surface area contributed by atoms with Crippen LogP contribution in [-0.4, -0.2) is 49.3 Å². The van der Waals surface area contributed by atoms with Gasteiger partial charge in [0, 0.05) is 19.4 Å². The van der Waals surface area contributed by atoms with Crippen LogP contribution >= 0.6 is 7.82 Å². The first-order chi connectivity index (χ1) is 26.8. The summed E-state index contributed by atoms with van der Waals surface area (Å²) in [5.74, 6) is -0.826. The molecular formula is C45H86NO8P. The molecule has 0 fully saturated rings. The molecule has 55 heavy (non-hydrogen) atoms. The van der Waals surface area contributed by atoms with Crippen molar-refractivity contribution in [1.82, 2.24) is 0 Å². The maximum atomic E-state index is 12.6. The molecule has 1 unspecified atom stereocenters. The van der Waals surface area contributed by atoms with E-state index in [9.17, 15) is 19.0 Å². The molecule has 0 aliphatic rings. The molecule has 0 aromatic carbocycles. The smallest absolute Gasteiger partial charge is 0.462 e. The lowest BCUT2D eigenvalue weighted by atomic mass is 10.0. The number of carbonyl (C=O) groups is 2. The van der Waals surface area contributed by atoms with E-state index in [0.29, 0.717) is 6.42 Å². The lowest BCUT2D eigenvalue weighted by molar-refractivity contribution is -0.161. The maximum absolute atomic E-state index is 12.6. The van der Waals surface area contributed by atoms with Crippen LogP contribution < -0.4 is 5.73 Å². The highest BCUT2D eigenvalue weighted by molar-refractivity contribution is 7.47. The number of phosphoric acid groups is 1. The zero-order chi connectivity index (χ0) is 40.3. The van der Waals surface area contributed by atoms with Crippen molar-refractivity contribution >= 4 is 19.8 Å². The van der Waals surface area contributed by atoms with Gasteiger partial charge in [-0.25, -0.2) is 4.57 Å². The number of rotatable bonds is 44. The fourth-order valence-electron chi connectivity index (χ4n) is 6.55. The van der Waals surface area contributed by atoms with E-state index < -0.39 is 26.5 Å². The Morgan fingerprint density at radius 1 is 0.582 bits per heavy atom. The summed E-state index contributed by atoms with van der Waals surface area (Å²) in [6.45, 7) is 5.27. The Bertz CT molecular complexity index is 946. The van der Waals surface area contributed by atoms with Crippen molar-refractivity contribution in [2.75, 3.05) is 26.4 Å². The van der Waals surface area contributed by atoms with Gasteiger partial charge < -0.3 is 20.1 Å². The molecule has 0 rings (SSSR count). The lowest BCUT2D eigenvalue weighted by Gasteiger charge is -2.19. The van der Waals surface area contributed by atoms with Gasteiger partial charge in [-0.15, -0.1) is 6.58 Å². The normalized spacial score (nSPS) is 13.2. The van der Waals surface area contributed by atoms with E-state index in [1.165, 1.54) is 148 Å². The number of nitrogens with two attached hydrogens (primary N) is 1. The number of hydrogen-bond donors (Lipinski definition) is 2. The largest absolute Gasteiger partial charge is 0.472 e. The Morgan fingerprint density at radius 2 is 0.982 bits per heavy atom. The molecule has 0 aliphatic carbocycles. The Morgan fingerprint density at radius 3 is 1.42 bits per heavy atom. The number of esters is 2. The molecule has 10 heteroatoms. The number of hydrogen-bond acceptors (Lipinski definition) is 8. The topological polar surface area (TPSA) is 134 Å². The van der Waals surface area contributed by atoms with Gasteiger partial charge in [-0.1, -0.05) is 173 Å². The highest BCUT2D eigenvalue weighted by Crippen LogP contribution is 2.43. The fraction of sp³-hybridized carbons (Fsp3) is 0.867. The number of ether oxygens (including phenoxy) is 2. The van der Waals surface area contributed by atoms with Crippen LogP contribution in [-0.2, 0) is 32.7 Å². The highest BCUT2D eigenvalue weighted by Gasteiger charge is 2.26. The van der Waals surface area contributed by atoms with Crippen LogP contribution in [0.25, 0.3) is 0 Å². The summed E-state index contributed by atoms with van der Waals surface area (Å²) in [4.78, 5) is 34.9. The molecule has 2 atom stereocenters. The monoisotopic (exact) mass is 800 g/mol. The Labute approximate surface area is 338 Å². The van der Waals surface area contributed by atoms with Crippen LogP contribution in [0.3, 0.4) is 0 Å². The first-order valence-electron chi connectivity index (χ1n) is 22.8. The SMILES string of the molecule is C=CCCCCCCCCCCCCCCCC(=O)O[C@H](COC(=O)CCCCCCCCCCC/C=C/CCCCCCCC)COP(=O)(O)OCCN. The molecule has 0 heterocycles. The summed E-state index contributed by atoms with van der Waals surface area (Å²) in [6.07, 6.45) is 43.8.